The molecule has 8 aromatic carbocycles. The number of benzene rings is 8. The number of hydrogen-bond acceptors (Lipinski definition) is 3. The van der Waals surface area contributed by atoms with Crippen molar-refractivity contribution in [2.45, 2.75) is 52.4 Å². The lowest BCUT2D eigenvalue weighted by molar-refractivity contribution is 0.590. The Balaban J connectivity index is 1.19. The van der Waals surface area contributed by atoms with Crippen LogP contribution in [0.1, 0.15) is 52.7 Å². The van der Waals surface area contributed by atoms with E-state index in [9.17, 15) is 0 Å². The van der Waals surface area contributed by atoms with E-state index in [1.54, 1.807) is 0 Å². The molecule has 63 heavy (non-hydrogen) atoms. The van der Waals surface area contributed by atoms with Crippen LogP contribution < -0.4 is 25.5 Å². The van der Waals surface area contributed by atoms with Crippen LogP contribution in [-0.2, 0) is 10.8 Å². The zero-order chi connectivity index (χ0) is 42.8. The number of aromatic nitrogens is 1. The topological polar surface area (TPSA) is 11.4 Å². The van der Waals surface area contributed by atoms with Gasteiger partial charge in [-0.2, -0.15) is 0 Å². The maximum Gasteiger partial charge on any atom is 0.264 e. The molecule has 10 aromatic rings. The van der Waals surface area contributed by atoms with Gasteiger partial charge < -0.3 is 14.4 Å². The van der Waals surface area contributed by atoms with E-state index in [2.05, 4.69) is 238 Å². The fourth-order valence-corrected chi connectivity index (χ4v) is 11.7. The summed E-state index contributed by atoms with van der Waals surface area (Å²) >= 11 is 1.97. The molecule has 5 heteroatoms. The first-order valence-corrected chi connectivity index (χ1v) is 23.0. The monoisotopic (exact) mass is 829 g/mol. The van der Waals surface area contributed by atoms with Crippen molar-refractivity contribution in [3.05, 3.63) is 193 Å². The molecule has 2 aliphatic rings. The van der Waals surface area contributed by atoms with Crippen LogP contribution in [0.15, 0.2) is 182 Å². The molecule has 0 amide bonds. The number of hydrogen-bond donors (Lipinski definition) is 0. The summed E-state index contributed by atoms with van der Waals surface area (Å²) < 4.78 is 5.13. The standard InChI is InChI=1S/C58H48BN3S/c1-57(2,3)38-28-31-41(32-29-38)61-50-26-17-27-51-54(50)59(46-34-39(58(4,5)6)30-33-49(46)62(51)47-24-15-13-22-42(47)37-18-9-7-10-19-37)56-55(61)45-35-44-43-23-14-16-25-48(43)60(40-20-11-8-12-21-40)52(44)36-53(45)63-56/h7-36H,1-6H3. The van der Waals surface area contributed by atoms with Crippen molar-refractivity contribution >= 4 is 99.8 Å². The molecule has 0 saturated heterocycles. The Labute approximate surface area is 374 Å². The molecule has 0 fully saturated rings. The molecule has 0 aliphatic carbocycles. The van der Waals surface area contributed by atoms with Crippen molar-refractivity contribution in [1.29, 1.82) is 0 Å². The summed E-state index contributed by atoms with van der Waals surface area (Å²) in [4.78, 5) is 5.15. The third kappa shape index (κ3) is 5.79. The first-order valence-electron chi connectivity index (χ1n) is 22.2. The van der Waals surface area contributed by atoms with Crippen molar-refractivity contribution in [1.82, 2.24) is 4.57 Å². The largest absolute Gasteiger partial charge is 0.311 e. The summed E-state index contributed by atoms with van der Waals surface area (Å²) in [5.41, 5.74) is 18.8. The smallest absolute Gasteiger partial charge is 0.264 e. The molecule has 0 saturated carbocycles. The molecule has 304 valence electrons. The molecule has 0 spiro atoms. The molecule has 0 atom stereocenters. The van der Waals surface area contributed by atoms with Gasteiger partial charge in [-0.1, -0.05) is 157 Å². The second kappa shape index (κ2) is 13.8. The molecule has 0 radical (unpaired) electrons. The molecular weight excluding hydrogens is 782 g/mol. The van der Waals surface area contributed by atoms with Gasteiger partial charge in [0, 0.05) is 59.6 Å². The molecule has 2 aliphatic heterocycles. The van der Waals surface area contributed by atoms with Gasteiger partial charge >= 0.3 is 0 Å². The minimum absolute atomic E-state index is 0.0264. The minimum Gasteiger partial charge on any atom is -0.311 e. The summed E-state index contributed by atoms with van der Waals surface area (Å²) in [6.07, 6.45) is 0. The third-order valence-electron chi connectivity index (χ3n) is 13.5. The van der Waals surface area contributed by atoms with Gasteiger partial charge in [0.2, 0.25) is 0 Å². The van der Waals surface area contributed by atoms with Crippen LogP contribution in [0.3, 0.4) is 0 Å². The fraction of sp³-hybridized carbons (Fsp3) is 0.138. The molecular formula is C58H48BN3S. The zero-order valence-corrected chi connectivity index (χ0v) is 37.5. The molecule has 2 aromatic heterocycles. The van der Waals surface area contributed by atoms with Crippen LogP contribution in [0.2, 0.25) is 0 Å². The highest BCUT2D eigenvalue weighted by molar-refractivity contribution is 7.33. The maximum absolute atomic E-state index is 2.60. The van der Waals surface area contributed by atoms with Crippen LogP contribution in [0.5, 0.6) is 0 Å². The van der Waals surface area contributed by atoms with E-state index in [1.807, 2.05) is 11.3 Å². The first-order chi connectivity index (χ1) is 30.5. The van der Waals surface area contributed by atoms with Crippen molar-refractivity contribution in [2.75, 3.05) is 9.80 Å². The summed E-state index contributed by atoms with van der Waals surface area (Å²) in [5, 5.41) is 3.83. The van der Waals surface area contributed by atoms with Crippen molar-refractivity contribution in [3.63, 3.8) is 0 Å². The van der Waals surface area contributed by atoms with Gasteiger partial charge in [0.1, 0.15) is 0 Å². The van der Waals surface area contributed by atoms with Crippen LogP contribution >= 0.6 is 11.3 Å². The molecule has 12 rings (SSSR count). The minimum atomic E-state index is -0.0326. The molecule has 0 unspecified atom stereocenters. The highest BCUT2D eigenvalue weighted by Gasteiger charge is 2.46. The van der Waals surface area contributed by atoms with Gasteiger partial charge in [0.05, 0.1) is 22.4 Å². The van der Waals surface area contributed by atoms with Gasteiger partial charge in [-0.05, 0) is 105 Å². The van der Waals surface area contributed by atoms with Crippen molar-refractivity contribution in [3.8, 4) is 16.8 Å². The third-order valence-corrected chi connectivity index (χ3v) is 14.7. The number of thiophene rings is 1. The van der Waals surface area contributed by atoms with E-state index in [1.165, 1.54) is 110 Å². The Morgan fingerprint density at radius 1 is 0.444 bits per heavy atom. The van der Waals surface area contributed by atoms with E-state index in [4.69, 9.17) is 0 Å². The maximum atomic E-state index is 2.60. The molecule has 3 nitrogen and oxygen atoms in total. The van der Waals surface area contributed by atoms with Gasteiger partial charge in [0.25, 0.3) is 6.71 Å². The van der Waals surface area contributed by atoms with Gasteiger partial charge in [-0.25, -0.2) is 0 Å². The van der Waals surface area contributed by atoms with Crippen LogP contribution in [0, 0.1) is 0 Å². The lowest BCUT2D eigenvalue weighted by Gasteiger charge is -2.44. The highest BCUT2D eigenvalue weighted by atomic mass is 32.1. The Hall–Kier alpha value is -6.82. The van der Waals surface area contributed by atoms with Gasteiger partial charge in [0.15, 0.2) is 0 Å². The van der Waals surface area contributed by atoms with Gasteiger partial charge in [-0.3, -0.25) is 0 Å². The van der Waals surface area contributed by atoms with Gasteiger partial charge in [-0.15, -0.1) is 11.3 Å². The Morgan fingerprint density at radius 2 is 1.08 bits per heavy atom. The van der Waals surface area contributed by atoms with Crippen molar-refractivity contribution < 1.29 is 0 Å². The average molecular weight is 830 g/mol. The summed E-state index contributed by atoms with van der Waals surface area (Å²) in [7, 11) is 0. The number of anilines is 6. The first kappa shape index (κ1) is 37.9. The van der Waals surface area contributed by atoms with E-state index in [0.29, 0.717) is 0 Å². The number of nitrogens with zero attached hydrogens (tertiary/aromatic N) is 3. The van der Waals surface area contributed by atoms with Crippen LogP contribution in [-0.4, -0.2) is 11.3 Å². The van der Waals surface area contributed by atoms with E-state index in [0.717, 1.165) is 0 Å². The lowest BCUT2D eigenvalue weighted by Crippen LogP contribution is -2.60. The zero-order valence-electron chi connectivity index (χ0n) is 36.6. The second-order valence-corrected chi connectivity index (χ2v) is 20.5. The second-order valence-electron chi connectivity index (χ2n) is 19.4. The summed E-state index contributed by atoms with van der Waals surface area (Å²) in [6.45, 7) is 13.9. The number of rotatable bonds is 4. The predicted molar refractivity (Wildman–Crippen MR) is 273 cm³/mol. The average Bonchev–Trinajstić information content (AvgIpc) is 3.83. The van der Waals surface area contributed by atoms with Crippen LogP contribution in [0.25, 0.3) is 48.7 Å². The predicted octanol–water partition coefficient (Wildman–Crippen LogP) is 14.3. The Bertz CT molecular complexity index is 3420. The SMILES string of the molecule is CC(C)(C)c1ccc(N2c3cccc4c3B(c3cc(C(C)(C)C)ccc3N4c3ccccc3-c3ccccc3)c3sc4cc5c(cc4c32)c2ccccc2n5-c2ccccc2)cc1. The summed E-state index contributed by atoms with van der Waals surface area (Å²) in [5.74, 6) is 0. The van der Waals surface area contributed by atoms with E-state index in [-0.39, 0.29) is 17.5 Å². The molecule has 0 bridgehead atoms. The Kier molecular flexibility index (Phi) is 8.33. The van der Waals surface area contributed by atoms with Crippen molar-refractivity contribution in [2.24, 2.45) is 0 Å². The molecule has 0 N–H and O–H groups in total. The number of fused-ring (bicyclic) bond motifs is 9. The quantitative estimate of drug-likeness (QED) is 0.164. The Morgan fingerprint density at radius 3 is 1.83 bits per heavy atom. The highest BCUT2D eigenvalue weighted by Crippen LogP contribution is 2.50. The normalized spacial score (nSPS) is 13.5. The fourth-order valence-electron chi connectivity index (χ4n) is 10.4. The van der Waals surface area contributed by atoms with Crippen LogP contribution in [0.4, 0.5) is 34.1 Å². The van der Waals surface area contributed by atoms with E-state index < -0.39 is 0 Å². The van der Waals surface area contributed by atoms with E-state index >= 15 is 0 Å². The lowest BCUT2D eigenvalue weighted by atomic mass is 9.36. The number of para-hydroxylation sites is 3. The summed E-state index contributed by atoms with van der Waals surface area (Å²) in [6, 6.07) is 68.2. The molecule has 4 heterocycles.